The molecule has 166 valence electrons. The maximum atomic E-state index is 14.6. The van der Waals surface area contributed by atoms with E-state index < -0.39 is 40.6 Å². The van der Waals surface area contributed by atoms with Crippen LogP contribution in [0.25, 0.3) is 5.69 Å². The second-order valence-electron chi connectivity index (χ2n) is 7.17. The number of hydrogen-bond donors (Lipinski definition) is 1. The van der Waals surface area contributed by atoms with Crippen LogP contribution < -0.4 is 0 Å². The van der Waals surface area contributed by atoms with Gasteiger partial charge in [0.1, 0.15) is 29.9 Å². The van der Waals surface area contributed by atoms with Crippen LogP contribution in [-0.4, -0.2) is 34.9 Å². The molecule has 4 rings (SSSR count). The Morgan fingerprint density at radius 3 is 2.38 bits per heavy atom. The molecule has 0 saturated carbocycles. The van der Waals surface area contributed by atoms with Gasteiger partial charge >= 0.3 is 0 Å². The fraction of sp³-hybridized carbons (Fsp3) is 0.200. The third-order valence-electron chi connectivity index (χ3n) is 5.17. The Bertz CT molecular complexity index is 1240. The zero-order valence-corrected chi connectivity index (χ0v) is 16.4. The molecule has 4 aromatic rings. The van der Waals surface area contributed by atoms with Crippen molar-refractivity contribution in [1.29, 1.82) is 0 Å². The predicted octanol–water partition coefficient (Wildman–Crippen LogP) is 3.25. The smallest absolute Gasteiger partial charge is 0.194 e. The van der Waals surface area contributed by atoms with E-state index in [2.05, 4.69) is 20.4 Å². The first-order valence-corrected chi connectivity index (χ1v) is 9.26. The van der Waals surface area contributed by atoms with Gasteiger partial charge < -0.3 is 5.11 Å². The minimum absolute atomic E-state index is 0.112. The Morgan fingerprint density at radius 2 is 1.75 bits per heavy atom. The van der Waals surface area contributed by atoms with E-state index in [1.165, 1.54) is 30.5 Å². The molecule has 0 radical (unpaired) electrons. The Hall–Kier alpha value is -3.67. The number of hydrogen-bond acceptors (Lipinski definition) is 5. The minimum Gasteiger partial charge on any atom is -0.382 e. The van der Waals surface area contributed by atoms with Crippen molar-refractivity contribution in [3.05, 3.63) is 89.5 Å². The average Bonchev–Trinajstić information content (AvgIpc) is 3.43. The lowest BCUT2D eigenvalue weighted by atomic mass is 9.80. The molecule has 2 aromatic carbocycles. The first kappa shape index (κ1) is 21.6. The summed E-state index contributed by atoms with van der Waals surface area (Å²) in [6.07, 6.45) is 3.78. The molecule has 2 heterocycles. The van der Waals surface area contributed by atoms with Gasteiger partial charge in [-0.15, -0.1) is 5.10 Å². The fourth-order valence-corrected chi connectivity index (χ4v) is 3.38. The molecule has 7 nitrogen and oxygen atoms in total. The molecule has 0 amide bonds. The summed E-state index contributed by atoms with van der Waals surface area (Å²) in [5.74, 6) is -7.24. The first-order chi connectivity index (χ1) is 15.2. The van der Waals surface area contributed by atoms with E-state index in [0.717, 1.165) is 28.9 Å². The van der Waals surface area contributed by atoms with E-state index >= 15 is 0 Å². The molecule has 2 aromatic heterocycles. The van der Waals surface area contributed by atoms with Gasteiger partial charge in [0.05, 0.1) is 24.1 Å². The van der Waals surface area contributed by atoms with Crippen LogP contribution in [-0.2, 0) is 12.1 Å². The lowest BCUT2D eigenvalue weighted by Crippen LogP contribution is -2.38. The van der Waals surface area contributed by atoms with Crippen molar-refractivity contribution >= 4 is 0 Å². The second kappa shape index (κ2) is 8.11. The monoisotopic (exact) mass is 450 g/mol. The summed E-state index contributed by atoms with van der Waals surface area (Å²) in [4.78, 5) is 3.79. The zero-order chi connectivity index (χ0) is 23.0. The van der Waals surface area contributed by atoms with Crippen LogP contribution >= 0.6 is 0 Å². The van der Waals surface area contributed by atoms with Crippen molar-refractivity contribution in [2.45, 2.75) is 25.0 Å². The molecule has 0 spiro atoms. The SMILES string of the molecule is C[C@@H](c1cn(-c2cc(F)c(F)c(F)c2)nn1)[C@](O)(Cn1cncn1)c1ccc(F)cc1F. The average molecular weight is 450 g/mol. The highest BCUT2D eigenvalue weighted by Crippen LogP contribution is 2.39. The van der Waals surface area contributed by atoms with E-state index in [4.69, 9.17) is 0 Å². The van der Waals surface area contributed by atoms with Crippen LogP contribution in [0.3, 0.4) is 0 Å². The standard InChI is InChI=1S/C20H15F5N6O/c1-11(18-7-31(29-28-18)13-5-16(23)19(25)17(24)6-13)20(32,8-30-10-26-9-27-30)14-3-2-12(21)4-15(14)22/h2-7,9-11,32H,8H2,1H3/t11-,20+/m0/s1. The van der Waals surface area contributed by atoms with Gasteiger partial charge in [-0.05, 0) is 6.07 Å². The van der Waals surface area contributed by atoms with Crippen LogP contribution in [0.15, 0.2) is 49.2 Å². The van der Waals surface area contributed by atoms with E-state index in [9.17, 15) is 27.1 Å². The van der Waals surface area contributed by atoms with Crippen molar-refractivity contribution < 1.29 is 27.1 Å². The van der Waals surface area contributed by atoms with Gasteiger partial charge in [-0.2, -0.15) is 5.10 Å². The van der Waals surface area contributed by atoms with Crippen molar-refractivity contribution in [1.82, 2.24) is 29.8 Å². The molecule has 2 atom stereocenters. The Balaban J connectivity index is 1.76. The van der Waals surface area contributed by atoms with Crippen LogP contribution in [0.5, 0.6) is 0 Å². The van der Waals surface area contributed by atoms with Gasteiger partial charge in [-0.25, -0.2) is 36.3 Å². The topological polar surface area (TPSA) is 81.6 Å². The third-order valence-corrected chi connectivity index (χ3v) is 5.17. The second-order valence-corrected chi connectivity index (χ2v) is 7.17. The fourth-order valence-electron chi connectivity index (χ4n) is 3.38. The predicted molar refractivity (Wildman–Crippen MR) is 99.9 cm³/mol. The highest BCUT2D eigenvalue weighted by Gasteiger charge is 2.41. The van der Waals surface area contributed by atoms with Crippen molar-refractivity contribution in [2.75, 3.05) is 0 Å². The largest absolute Gasteiger partial charge is 0.382 e. The van der Waals surface area contributed by atoms with E-state index in [0.29, 0.717) is 6.07 Å². The summed E-state index contributed by atoms with van der Waals surface area (Å²) in [5, 5.41) is 23.2. The molecular weight excluding hydrogens is 435 g/mol. The van der Waals surface area contributed by atoms with E-state index in [1.54, 1.807) is 0 Å². The van der Waals surface area contributed by atoms with Crippen LogP contribution in [0, 0.1) is 29.1 Å². The summed E-state index contributed by atoms with van der Waals surface area (Å²) < 4.78 is 70.8. The molecule has 0 bridgehead atoms. The highest BCUT2D eigenvalue weighted by atomic mass is 19.2. The summed E-state index contributed by atoms with van der Waals surface area (Å²) in [5.41, 5.74) is -2.26. The molecule has 0 unspecified atom stereocenters. The van der Waals surface area contributed by atoms with Crippen molar-refractivity contribution in [3.63, 3.8) is 0 Å². The normalized spacial score (nSPS) is 14.3. The summed E-state index contributed by atoms with van der Waals surface area (Å²) in [7, 11) is 0. The molecular formula is C20H15F5N6O. The minimum atomic E-state index is -1.99. The summed E-state index contributed by atoms with van der Waals surface area (Å²) in [6.45, 7) is 1.24. The van der Waals surface area contributed by atoms with E-state index in [1.807, 2.05) is 0 Å². The van der Waals surface area contributed by atoms with Gasteiger partial charge in [0, 0.05) is 29.7 Å². The van der Waals surface area contributed by atoms with Crippen LogP contribution in [0.4, 0.5) is 22.0 Å². The molecule has 32 heavy (non-hydrogen) atoms. The first-order valence-electron chi connectivity index (χ1n) is 9.26. The lowest BCUT2D eigenvalue weighted by Gasteiger charge is -2.33. The number of rotatable bonds is 6. The van der Waals surface area contributed by atoms with Gasteiger partial charge in [-0.3, -0.25) is 0 Å². The summed E-state index contributed by atoms with van der Waals surface area (Å²) >= 11 is 0. The maximum Gasteiger partial charge on any atom is 0.194 e. The summed E-state index contributed by atoms with van der Waals surface area (Å²) in [6, 6.07) is 4.19. The highest BCUT2D eigenvalue weighted by molar-refractivity contribution is 5.34. The number of halogens is 5. The number of nitrogens with zero attached hydrogens (tertiary/aromatic N) is 6. The number of benzene rings is 2. The number of aliphatic hydroxyl groups is 1. The van der Waals surface area contributed by atoms with Crippen LogP contribution in [0.1, 0.15) is 24.1 Å². The molecule has 0 fully saturated rings. The van der Waals surface area contributed by atoms with Gasteiger partial charge in [0.25, 0.3) is 0 Å². The Labute approximate surface area is 177 Å². The van der Waals surface area contributed by atoms with Gasteiger partial charge in [0.15, 0.2) is 17.5 Å². The lowest BCUT2D eigenvalue weighted by molar-refractivity contribution is -0.0123. The van der Waals surface area contributed by atoms with Crippen LogP contribution in [0.2, 0.25) is 0 Å². The Kier molecular flexibility index (Phi) is 5.46. The molecule has 0 saturated heterocycles. The third kappa shape index (κ3) is 3.84. The van der Waals surface area contributed by atoms with Gasteiger partial charge in [-0.1, -0.05) is 18.2 Å². The molecule has 0 aliphatic carbocycles. The quantitative estimate of drug-likeness (QED) is 0.360. The Morgan fingerprint density at radius 1 is 1.03 bits per heavy atom. The molecule has 1 N–H and O–H groups in total. The molecule has 0 aliphatic heterocycles. The molecule has 0 aliphatic rings. The van der Waals surface area contributed by atoms with Crippen molar-refractivity contribution in [3.8, 4) is 5.69 Å². The van der Waals surface area contributed by atoms with Gasteiger partial charge in [0.2, 0.25) is 0 Å². The van der Waals surface area contributed by atoms with Crippen molar-refractivity contribution in [2.24, 2.45) is 0 Å². The zero-order valence-electron chi connectivity index (χ0n) is 16.4. The molecule has 12 heteroatoms. The number of aromatic nitrogens is 6. The maximum absolute atomic E-state index is 14.6. The van der Waals surface area contributed by atoms with E-state index in [-0.39, 0.29) is 23.5 Å².